The van der Waals surface area contributed by atoms with Crippen molar-refractivity contribution in [1.82, 2.24) is 4.98 Å². The highest BCUT2D eigenvalue weighted by Gasteiger charge is 2.07. The van der Waals surface area contributed by atoms with E-state index < -0.39 is 0 Å². The van der Waals surface area contributed by atoms with E-state index in [4.69, 9.17) is 4.74 Å². The quantitative estimate of drug-likeness (QED) is 0.663. The van der Waals surface area contributed by atoms with E-state index in [9.17, 15) is 5.11 Å². The van der Waals surface area contributed by atoms with Gasteiger partial charge in [0.05, 0.1) is 6.10 Å². The first kappa shape index (κ1) is 16.5. The molecule has 124 valence electrons. The zero-order valence-corrected chi connectivity index (χ0v) is 14.0. The van der Waals surface area contributed by atoms with Gasteiger partial charge in [0.2, 0.25) is 0 Å². The summed E-state index contributed by atoms with van der Waals surface area (Å²) in [4.78, 5) is 4.40. The summed E-state index contributed by atoms with van der Waals surface area (Å²) < 4.78 is 5.95. The van der Waals surface area contributed by atoms with E-state index in [0.29, 0.717) is 6.61 Å². The third-order valence-corrected chi connectivity index (χ3v) is 4.19. The van der Waals surface area contributed by atoms with Crippen LogP contribution in [-0.4, -0.2) is 10.1 Å². The van der Waals surface area contributed by atoms with Crippen molar-refractivity contribution in [1.29, 1.82) is 0 Å². The van der Waals surface area contributed by atoms with Gasteiger partial charge in [-0.25, -0.2) is 0 Å². The van der Waals surface area contributed by atoms with Crippen molar-refractivity contribution < 1.29 is 9.84 Å². The number of benzene rings is 2. The zero-order chi connectivity index (χ0) is 16.8. The van der Waals surface area contributed by atoms with Gasteiger partial charge in [-0.15, -0.1) is 0 Å². The lowest BCUT2D eigenvalue weighted by atomic mass is 10.0. The van der Waals surface area contributed by atoms with Gasteiger partial charge in [-0.05, 0) is 29.7 Å². The Morgan fingerprint density at radius 3 is 2.62 bits per heavy atom. The van der Waals surface area contributed by atoms with E-state index in [1.54, 1.807) is 6.20 Å². The minimum atomic E-state index is -0.373. The van der Waals surface area contributed by atoms with Crippen LogP contribution in [0.1, 0.15) is 43.4 Å². The molecule has 0 spiro atoms. The number of ether oxygens (including phenoxy) is 1. The molecule has 0 radical (unpaired) electrons. The Morgan fingerprint density at radius 2 is 1.83 bits per heavy atom. The molecule has 1 atom stereocenters. The number of pyridine rings is 1. The average molecular weight is 321 g/mol. The smallest absolute Gasteiger partial charge is 0.146 e. The Kier molecular flexibility index (Phi) is 5.44. The van der Waals surface area contributed by atoms with Gasteiger partial charge in [0.1, 0.15) is 17.9 Å². The van der Waals surface area contributed by atoms with E-state index in [2.05, 4.69) is 11.9 Å². The second-order valence-electron chi connectivity index (χ2n) is 6.02. The van der Waals surface area contributed by atoms with Gasteiger partial charge in [-0.1, -0.05) is 62.2 Å². The van der Waals surface area contributed by atoms with Crippen LogP contribution in [0.25, 0.3) is 10.9 Å². The minimum absolute atomic E-state index is 0.373. The Hall–Kier alpha value is -2.39. The molecule has 0 aliphatic rings. The topological polar surface area (TPSA) is 42.4 Å². The molecule has 3 rings (SSSR count). The Morgan fingerprint density at radius 1 is 1.04 bits per heavy atom. The number of aromatic nitrogens is 1. The van der Waals surface area contributed by atoms with Gasteiger partial charge < -0.3 is 9.84 Å². The fourth-order valence-electron chi connectivity index (χ4n) is 2.75. The van der Waals surface area contributed by atoms with Gasteiger partial charge in [-0.2, -0.15) is 0 Å². The molecule has 0 saturated carbocycles. The van der Waals surface area contributed by atoms with Crippen LogP contribution < -0.4 is 4.74 Å². The molecule has 3 heteroatoms. The maximum Gasteiger partial charge on any atom is 0.146 e. The van der Waals surface area contributed by atoms with Crippen molar-refractivity contribution in [3.8, 4) is 5.75 Å². The van der Waals surface area contributed by atoms with E-state index in [1.165, 1.54) is 0 Å². The molecule has 0 aliphatic carbocycles. The number of aliphatic hydroxyl groups is 1. The molecule has 1 aromatic heterocycles. The largest absolute Gasteiger partial charge is 0.487 e. The number of para-hydroxylation sites is 1. The highest BCUT2D eigenvalue weighted by molar-refractivity contribution is 5.84. The SMILES string of the molecule is CCCCC(O)c1ccc(COc2cccc3cccnc23)cc1. The summed E-state index contributed by atoms with van der Waals surface area (Å²) in [6.07, 6.45) is 4.36. The van der Waals surface area contributed by atoms with Crippen molar-refractivity contribution in [3.63, 3.8) is 0 Å². The summed E-state index contributed by atoms with van der Waals surface area (Å²) in [5.74, 6) is 0.792. The summed E-state index contributed by atoms with van der Waals surface area (Å²) in [5, 5.41) is 11.2. The first-order chi connectivity index (χ1) is 11.8. The highest BCUT2D eigenvalue weighted by atomic mass is 16.5. The molecular formula is C21H23NO2. The van der Waals surface area contributed by atoms with Crippen molar-refractivity contribution in [2.24, 2.45) is 0 Å². The summed E-state index contributed by atoms with van der Waals surface area (Å²) in [7, 11) is 0. The Labute approximate surface area is 142 Å². The lowest BCUT2D eigenvalue weighted by Gasteiger charge is -2.12. The van der Waals surface area contributed by atoms with Gasteiger partial charge >= 0.3 is 0 Å². The van der Waals surface area contributed by atoms with Crippen molar-refractivity contribution in [2.75, 3.05) is 0 Å². The maximum absolute atomic E-state index is 10.1. The summed E-state index contributed by atoms with van der Waals surface area (Å²) >= 11 is 0. The van der Waals surface area contributed by atoms with Crippen molar-refractivity contribution in [3.05, 3.63) is 71.9 Å². The third-order valence-electron chi connectivity index (χ3n) is 4.19. The second kappa shape index (κ2) is 7.93. The monoisotopic (exact) mass is 321 g/mol. The molecule has 3 nitrogen and oxygen atoms in total. The van der Waals surface area contributed by atoms with E-state index in [1.807, 2.05) is 54.6 Å². The van der Waals surface area contributed by atoms with Crippen molar-refractivity contribution in [2.45, 2.75) is 38.9 Å². The number of nitrogens with zero attached hydrogens (tertiary/aromatic N) is 1. The minimum Gasteiger partial charge on any atom is -0.487 e. The molecule has 3 aromatic rings. The van der Waals surface area contributed by atoms with Crippen LogP contribution in [0.3, 0.4) is 0 Å². The number of fused-ring (bicyclic) bond motifs is 1. The van der Waals surface area contributed by atoms with E-state index in [0.717, 1.165) is 47.0 Å². The number of hydrogen-bond donors (Lipinski definition) is 1. The van der Waals surface area contributed by atoms with Gasteiger partial charge in [0, 0.05) is 11.6 Å². The normalized spacial score (nSPS) is 12.2. The maximum atomic E-state index is 10.1. The van der Waals surface area contributed by atoms with Gasteiger partial charge in [0.25, 0.3) is 0 Å². The molecular weight excluding hydrogens is 298 g/mol. The molecule has 0 amide bonds. The first-order valence-electron chi connectivity index (χ1n) is 8.51. The molecule has 24 heavy (non-hydrogen) atoms. The summed E-state index contributed by atoms with van der Waals surface area (Å²) in [6, 6.07) is 17.9. The van der Waals surface area contributed by atoms with Gasteiger partial charge in [0.15, 0.2) is 0 Å². The molecule has 0 bridgehead atoms. The zero-order valence-electron chi connectivity index (χ0n) is 14.0. The summed E-state index contributed by atoms with van der Waals surface area (Å²) in [6.45, 7) is 2.62. The fraction of sp³-hybridized carbons (Fsp3) is 0.286. The highest BCUT2D eigenvalue weighted by Crippen LogP contribution is 2.24. The first-order valence-corrected chi connectivity index (χ1v) is 8.51. The number of rotatable bonds is 7. The average Bonchev–Trinajstić information content (AvgIpc) is 2.64. The molecule has 0 saturated heterocycles. The lowest BCUT2D eigenvalue weighted by molar-refractivity contribution is 0.164. The molecule has 1 unspecified atom stereocenters. The number of unbranched alkanes of at least 4 members (excludes halogenated alkanes) is 1. The number of aliphatic hydroxyl groups excluding tert-OH is 1. The van der Waals surface area contributed by atoms with Crippen LogP contribution in [-0.2, 0) is 6.61 Å². The van der Waals surface area contributed by atoms with Crippen LogP contribution in [0.5, 0.6) is 5.75 Å². The predicted molar refractivity (Wildman–Crippen MR) is 97.0 cm³/mol. The van der Waals surface area contributed by atoms with Crippen LogP contribution >= 0.6 is 0 Å². The van der Waals surface area contributed by atoms with E-state index >= 15 is 0 Å². The standard InChI is InChI=1S/C21H23NO2/c1-2-3-8-19(23)17-12-10-16(11-13-17)15-24-20-9-4-6-18-7-5-14-22-21(18)20/h4-7,9-14,19,23H,2-3,8,15H2,1H3. The third kappa shape index (κ3) is 3.92. The van der Waals surface area contributed by atoms with E-state index in [-0.39, 0.29) is 6.10 Å². The van der Waals surface area contributed by atoms with Gasteiger partial charge in [-0.3, -0.25) is 4.98 Å². The Bertz CT molecular complexity index is 778. The summed E-state index contributed by atoms with van der Waals surface area (Å²) in [5.41, 5.74) is 2.93. The van der Waals surface area contributed by atoms with Crippen LogP contribution in [0.4, 0.5) is 0 Å². The molecule has 2 aromatic carbocycles. The second-order valence-corrected chi connectivity index (χ2v) is 6.02. The fourth-order valence-corrected chi connectivity index (χ4v) is 2.75. The van der Waals surface area contributed by atoms with Crippen molar-refractivity contribution >= 4 is 10.9 Å². The van der Waals surface area contributed by atoms with Crippen LogP contribution in [0, 0.1) is 0 Å². The van der Waals surface area contributed by atoms with Crippen LogP contribution in [0.15, 0.2) is 60.8 Å². The molecule has 1 N–H and O–H groups in total. The van der Waals surface area contributed by atoms with Crippen LogP contribution in [0.2, 0.25) is 0 Å². The molecule has 1 heterocycles. The lowest BCUT2D eigenvalue weighted by Crippen LogP contribution is -2.00. The Balaban J connectivity index is 1.66. The molecule has 0 aliphatic heterocycles. The molecule has 0 fully saturated rings. The predicted octanol–water partition coefficient (Wildman–Crippen LogP) is 5.04. The number of hydrogen-bond acceptors (Lipinski definition) is 3.